The molecule has 5 heteroatoms. The molecule has 1 aliphatic heterocycles. The van der Waals surface area contributed by atoms with Crippen LogP contribution >= 0.6 is 0 Å². The van der Waals surface area contributed by atoms with Crippen molar-refractivity contribution >= 4 is 24.2 Å². The molecule has 0 saturated carbocycles. The van der Waals surface area contributed by atoms with E-state index in [-0.39, 0.29) is 11.3 Å². The van der Waals surface area contributed by atoms with Crippen molar-refractivity contribution in [1.82, 2.24) is 0 Å². The molecule has 1 rings (SSSR count). The number of aliphatic hydroxyl groups is 1. The summed E-state index contributed by atoms with van der Waals surface area (Å²) in [7, 11) is -4.29. The molecule has 2 nitrogen and oxygen atoms in total. The van der Waals surface area contributed by atoms with Crippen LogP contribution in [-0.4, -0.2) is 47.3 Å². The molecule has 1 fully saturated rings. The maximum Gasteiger partial charge on any atom is 0.0865 e. The van der Waals surface area contributed by atoms with Crippen molar-refractivity contribution in [2.45, 2.75) is 103 Å². The predicted octanol–water partition coefficient (Wildman–Crippen LogP) is 6.18. The Hall–Kier alpha value is 0.0506. The Bertz CT molecular complexity index is 533. The molecule has 1 aliphatic rings. The topological polar surface area (TPSA) is 29.5 Å². The minimum Gasteiger partial charge on any atom is -0.390 e. The van der Waals surface area contributed by atoms with E-state index in [4.69, 9.17) is 4.74 Å². The molecule has 0 aliphatic carbocycles. The number of aliphatic hydroxyl groups excluding tert-OH is 1. The lowest BCUT2D eigenvalue weighted by Gasteiger charge is -2.49. The standard InChI is InChI=1S/C21H44O2Si3/c1-18(24(2,3)4)13-14-19(25(5,6)7)15-16-21(26(8,9)10)20(22)12-11-17-23-21/h13,15,20,22H,11-12,14,16-17H2,1-10H3/b18-13-,19-15-/t20-,21-/m1/s1. The predicted molar refractivity (Wildman–Crippen MR) is 125 cm³/mol. The maximum atomic E-state index is 10.9. The van der Waals surface area contributed by atoms with Crippen molar-refractivity contribution in [3.05, 3.63) is 22.5 Å². The average molecular weight is 413 g/mol. The van der Waals surface area contributed by atoms with Gasteiger partial charge >= 0.3 is 0 Å². The van der Waals surface area contributed by atoms with E-state index in [2.05, 4.69) is 78.0 Å². The Morgan fingerprint density at radius 1 is 1.00 bits per heavy atom. The van der Waals surface area contributed by atoms with E-state index >= 15 is 0 Å². The van der Waals surface area contributed by atoms with Crippen LogP contribution in [0.1, 0.15) is 32.6 Å². The minimum atomic E-state index is -1.68. The zero-order valence-corrected chi connectivity index (χ0v) is 22.1. The van der Waals surface area contributed by atoms with Gasteiger partial charge in [-0.15, -0.1) is 0 Å². The van der Waals surface area contributed by atoms with Gasteiger partial charge in [-0.2, -0.15) is 0 Å². The van der Waals surface area contributed by atoms with E-state index in [0.29, 0.717) is 0 Å². The molecule has 152 valence electrons. The molecule has 26 heavy (non-hydrogen) atoms. The molecule has 0 unspecified atom stereocenters. The van der Waals surface area contributed by atoms with E-state index in [9.17, 15) is 5.11 Å². The van der Waals surface area contributed by atoms with Crippen LogP contribution in [-0.2, 0) is 4.74 Å². The highest BCUT2D eigenvalue weighted by molar-refractivity contribution is 6.84. The second-order valence-corrected chi connectivity index (χ2v) is 26.9. The van der Waals surface area contributed by atoms with E-state index in [1.54, 1.807) is 10.4 Å². The number of hydrogen-bond acceptors (Lipinski definition) is 2. The van der Waals surface area contributed by atoms with Crippen molar-refractivity contribution in [2.24, 2.45) is 0 Å². The summed E-state index contributed by atoms with van der Waals surface area (Å²) in [6.45, 7) is 24.7. The fourth-order valence-electron chi connectivity index (χ4n) is 3.62. The third-order valence-corrected chi connectivity index (χ3v) is 14.3. The van der Waals surface area contributed by atoms with Gasteiger partial charge in [0.2, 0.25) is 0 Å². The van der Waals surface area contributed by atoms with Crippen LogP contribution in [0.2, 0.25) is 58.9 Å². The van der Waals surface area contributed by atoms with Crippen molar-refractivity contribution < 1.29 is 9.84 Å². The van der Waals surface area contributed by atoms with Crippen molar-refractivity contribution in [3.63, 3.8) is 0 Å². The number of rotatable bonds is 7. The molecule has 0 aromatic rings. The lowest BCUT2D eigenvalue weighted by Crippen LogP contribution is -2.63. The first-order chi connectivity index (χ1) is 11.6. The van der Waals surface area contributed by atoms with Gasteiger partial charge in [-0.1, -0.05) is 81.5 Å². The summed E-state index contributed by atoms with van der Waals surface area (Å²) in [5.41, 5.74) is 0. The molecular formula is C21H44O2Si3. The van der Waals surface area contributed by atoms with Crippen molar-refractivity contribution in [2.75, 3.05) is 6.61 Å². The fourth-order valence-corrected chi connectivity index (χ4v) is 8.15. The van der Waals surface area contributed by atoms with Crippen molar-refractivity contribution in [3.8, 4) is 0 Å². The monoisotopic (exact) mass is 412 g/mol. The minimum absolute atomic E-state index is 0.318. The van der Waals surface area contributed by atoms with Gasteiger partial charge in [-0.3, -0.25) is 0 Å². The van der Waals surface area contributed by atoms with Crippen LogP contribution in [0, 0.1) is 0 Å². The first-order valence-electron chi connectivity index (χ1n) is 10.3. The van der Waals surface area contributed by atoms with Gasteiger partial charge in [0.05, 0.1) is 35.5 Å². The normalized spacial score (nSPS) is 27.0. The molecule has 2 atom stereocenters. The molecule has 1 N–H and O–H groups in total. The Balaban J connectivity index is 3.16. The van der Waals surface area contributed by atoms with Gasteiger partial charge in [0.15, 0.2) is 0 Å². The third kappa shape index (κ3) is 6.03. The van der Waals surface area contributed by atoms with Gasteiger partial charge in [0, 0.05) is 6.61 Å². The number of allylic oxidation sites excluding steroid dienone is 3. The van der Waals surface area contributed by atoms with Crippen LogP contribution in [0.25, 0.3) is 0 Å². The van der Waals surface area contributed by atoms with Crippen LogP contribution in [0.5, 0.6) is 0 Å². The summed E-state index contributed by atoms with van der Waals surface area (Å²) in [5.74, 6) is 0. The summed E-state index contributed by atoms with van der Waals surface area (Å²) < 4.78 is 6.36. The van der Waals surface area contributed by atoms with Crippen LogP contribution in [0.15, 0.2) is 22.5 Å². The highest BCUT2D eigenvalue weighted by Crippen LogP contribution is 2.38. The van der Waals surface area contributed by atoms with Gasteiger partial charge in [-0.05, 0) is 32.6 Å². The Kier molecular flexibility index (Phi) is 7.97. The lowest BCUT2D eigenvalue weighted by molar-refractivity contribution is -0.108. The number of hydrogen-bond donors (Lipinski definition) is 1. The smallest absolute Gasteiger partial charge is 0.0865 e. The first kappa shape index (κ1) is 24.1. The molecule has 0 spiro atoms. The van der Waals surface area contributed by atoms with E-state index in [1.165, 1.54) is 0 Å². The molecule has 0 bridgehead atoms. The molecular weight excluding hydrogens is 368 g/mol. The third-order valence-electron chi connectivity index (χ3n) is 6.22. The van der Waals surface area contributed by atoms with Crippen molar-refractivity contribution in [1.29, 1.82) is 0 Å². The van der Waals surface area contributed by atoms with Crippen LogP contribution in [0.4, 0.5) is 0 Å². The summed E-state index contributed by atoms with van der Waals surface area (Å²) in [4.78, 5) is 0. The van der Waals surface area contributed by atoms with Gasteiger partial charge in [-0.25, -0.2) is 0 Å². The lowest BCUT2D eigenvalue weighted by atomic mass is 10.0. The Morgan fingerprint density at radius 3 is 2.00 bits per heavy atom. The molecule has 0 aromatic carbocycles. The quantitative estimate of drug-likeness (QED) is 0.506. The highest BCUT2D eigenvalue weighted by Gasteiger charge is 2.50. The van der Waals surface area contributed by atoms with Gasteiger partial charge in [0.25, 0.3) is 0 Å². The zero-order chi connectivity index (χ0) is 20.4. The molecule has 0 radical (unpaired) electrons. The molecule has 0 aromatic heterocycles. The first-order valence-corrected chi connectivity index (χ1v) is 20.8. The van der Waals surface area contributed by atoms with E-state index in [1.807, 2.05) is 0 Å². The summed E-state index contributed by atoms with van der Waals surface area (Å²) in [6, 6.07) is 0. The fraction of sp³-hybridized carbons (Fsp3) is 0.810. The van der Waals surface area contributed by atoms with Crippen LogP contribution < -0.4 is 0 Å². The highest BCUT2D eigenvalue weighted by atomic mass is 28.3. The van der Waals surface area contributed by atoms with E-state index in [0.717, 1.165) is 32.3 Å². The summed E-state index contributed by atoms with van der Waals surface area (Å²) in [6.07, 6.45) is 8.45. The second-order valence-electron chi connectivity index (χ2n) is 11.2. The van der Waals surface area contributed by atoms with Gasteiger partial charge < -0.3 is 9.84 Å². The molecule has 1 saturated heterocycles. The Morgan fingerprint density at radius 2 is 1.58 bits per heavy atom. The SMILES string of the molecule is C/C(=C/C/C(=C/C[C@]1([Si](C)(C)C)OCCC[C@H]1O)[Si](C)(C)C)[Si](C)(C)C. The van der Waals surface area contributed by atoms with Gasteiger partial charge in [0.1, 0.15) is 0 Å². The van der Waals surface area contributed by atoms with E-state index < -0.39 is 24.2 Å². The number of ether oxygens (including phenoxy) is 1. The molecule has 0 amide bonds. The summed E-state index contributed by atoms with van der Waals surface area (Å²) >= 11 is 0. The average Bonchev–Trinajstić information content (AvgIpc) is 2.45. The Labute approximate surface area is 166 Å². The largest absolute Gasteiger partial charge is 0.390 e. The summed E-state index contributed by atoms with van der Waals surface area (Å²) in [5, 5.41) is 13.8. The second kappa shape index (κ2) is 8.60. The maximum absolute atomic E-state index is 10.9. The van der Waals surface area contributed by atoms with Crippen LogP contribution in [0.3, 0.4) is 0 Å². The zero-order valence-electron chi connectivity index (χ0n) is 19.1. The molecule has 1 heterocycles.